The number of esters is 1. The lowest BCUT2D eigenvalue weighted by atomic mass is 10.0. The van der Waals surface area contributed by atoms with E-state index < -0.39 is 24.4 Å². The molecule has 1 atom stereocenters. The normalized spacial score (nSPS) is 15.8. The van der Waals surface area contributed by atoms with Crippen molar-refractivity contribution in [2.75, 3.05) is 23.4 Å². The van der Waals surface area contributed by atoms with Gasteiger partial charge in [0.1, 0.15) is 0 Å². The second-order valence-corrected chi connectivity index (χ2v) is 8.06. The largest absolute Gasteiger partial charge is 0.455 e. The Balaban J connectivity index is 1.61. The molecule has 31 heavy (non-hydrogen) atoms. The van der Waals surface area contributed by atoms with Gasteiger partial charge in [0.2, 0.25) is 5.91 Å². The first kappa shape index (κ1) is 22.8. The van der Waals surface area contributed by atoms with Crippen LogP contribution in [0.2, 0.25) is 5.02 Å². The van der Waals surface area contributed by atoms with E-state index in [-0.39, 0.29) is 18.9 Å². The van der Waals surface area contributed by atoms with E-state index in [9.17, 15) is 14.4 Å². The molecule has 6 nitrogen and oxygen atoms in total. The van der Waals surface area contributed by atoms with E-state index in [1.165, 1.54) is 0 Å². The van der Waals surface area contributed by atoms with Crippen molar-refractivity contribution in [3.8, 4) is 0 Å². The van der Waals surface area contributed by atoms with Gasteiger partial charge in [0.25, 0.3) is 5.91 Å². The first-order valence-corrected chi connectivity index (χ1v) is 10.9. The van der Waals surface area contributed by atoms with Crippen LogP contribution >= 0.6 is 11.6 Å². The fraction of sp³-hybridized carbons (Fsp3) is 0.375. The van der Waals surface area contributed by atoms with Crippen molar-refractivity contribution in [2.45, 2.75) is 40.0 Å². The van der Waals surface area contributed by atoms with Crippen molar-refractivity contribution >= 4 is 40.8 Å². The molecular formula is C24H27ClN2O4. The summed E-state index contributed by atoms with van der Waals surface area (Å²) in [7, 11) is 0. The molecule has 1 fully saturated rings. The van der Waals surface area contributed by atoms with Crippen molar-refractivity contribution in [2.24, 2.45) is 5.92 Å². The predicted octanol–water partition coefficient (Wildman–Crippen LogP) is 4.31. The van der Waals surface area contributed by atoms with Gasteiger partial charge in [0.05, 0.1) is 5.92 Å². The van der Waals surface area contributed by atoms with Gasteiger partial charge in [-0.1, -0.05) is 49.7 Å². The number of nitrogens with one attached hydrogen (secondary N) is 1. The molecule has 2 aromatic rings. The smallest absolute Gasteiger partial charge is 0.311 e. The standard InChI is InChI=1S/C24H27ClN2O4/c1-4-16-7-6-8-17(5-2)23(16)27-13-18(11-22(27)29)24(30)31-14-21(28)26-19-10-9-15(3)20(25)12-19/h6-10,12,18H,4-5,11,13-14H2,1-3H3,(H,26,28)/t18-/m1/s1. The molecule has 0 unspecified atom stereocenters. The quantitative estimate of drug-likeness (QED) is 0.648. The number of hydrogen-bond acceptors (Lipinski definition) is 4. The van der Waals surface area contributed by atoms with Gasteiger partial charge < -0.3 is 15.0 Å². The monoisotopic (exact) mass is 442 g/mol. The number of aryl methyl sites for hydroxylation is 3. The summed E-state index contributed by atoms with van der Waals surface area (Å²) in [5.74, 6) is -1.70. The third-order valence-electron chi connectivity index (χ3n) is 5.49. The Hall–Kier alpha value is -2.86. The van der Waals surface area contributed by atoms with Crippen LogP contribution in [0.15, 0.2) is 36.4 Å². The minimum Gasteiger partial charge on any atom is -0.455 e. The molecule has 0 bridgehead atoms. The van der Waals surface area contributed by atoms with Crippen LogP contribution in [0.3, 0.4) is 0 Å². The number of carbonyl (C=O) groups excluding carboxylic acids is 3. The molecule has 7 heteroatoms. The van der Waals surface area contributed by atoms with E-state index >= 15 is 0 Å². The Labute approximate surface area is 187 Å². The van der Waals surface area contributed by atoms with E-state index in [0.29, 0.717) is 10.7 Å². The van der Waals surface area contributed by atoms with Crippen LogP contribution in [0.5, 0.6) is 0 Å². The maximum absolute atomic E-state index is 12.7. The number of anilines is 2. The molecule has 0 saturated carbocycles. The van der Waals surface area contributed by atoms with Gasteiger partial charge in [-0.25, -0.2) is 0 Å². The van der Waals surface area contributed by atoms with E-state index in [0.717, 1.165) is 35.2 Å². The Bertz CT molecular complexity index is 983. The maximum atomic E-state index is 12.7. The molecule has 1 N–H and O–H groups in total. The number of carbonyl (C=O) groups is 3. The Morgan fingerprint density at radius 2 is 1.84 bits per heavy atom. The Kier molecular flexibility index (Phi) is 7.33. The molecule has 0 spiro atoms. The highest BCUT2D eigenvalue weighted by Crippen LogP contribution is 2.32. The van der Waals surface area contributed by atoms with Gasteiger partial charge in [-0.2, -0.15) is 0 Å². The third kappa shape index (κ3) is 5.25. The lowest BCUT2D eigenvalue weighted by molar-refractivity contribution is -0.151. The van der Waals surface area contributed by atoms with Crippen LogP contribution in [0.25, 0.3) is 0 Å². The number of rotatable bonds is 7. The average Bonchev–Trinajstić information content (AvgIpc) is 3.15. The van der Waals surface area contributed by atoms with Crippen LogP contribution in [0.4, 0.5) is 11.4 Å². The Morgan fingerprint density at radius 3 is 2.45 bits per heavy atom. The summed E-state index contributed by atoms with van der Waals surface area (Å²) in [6.45, 7) is 5.80. The molecule has 1 heterocycles. The van der Waals surface area contributed by atoms with Crippen LogP contribution in [0, 0.1) is 12.8 Å². The zero-order valence-corrected chi connectivity index (χ0v) is 18.8. The highest BCUT2D eigenvalue weighted by molar-refractivity contribution is 6.31. The summed E-state index contributed by atoms with van der Waals surface area (Å²) >= 11 is 6.06. The molecule has 0 aromatic heterocycles. The minimum absolute atomic E-state index is 0.0786. The number of benzene rings is 2. The molecule has 0 aliphatic carbocycles. The number of para-hydroxylation sites is 1. The van der Waals surface area contributed by atoms with E-state index in [1.54, 1.807) is 23.1 Å². The molecule has 164 valence electrons. The molecule has 3 rings (SSSR count). The molecule has 0 radical (unpaired) electrons. The summed E-state index contributed by atoms with van der Waals surface area (Å²) in [6.07, 6.45) is 1.67. The van der Waals surface area contributed by atoms with Gasteiger partial charge in [0.15, 0.2) is 6.61 Å². The fourth-order valence-electron chi connectivity index (χ4n) is 3.77. The molecule has 1 aliphatic rings. The molecular weight excluding hydrogens is 416 g/mol. The van der Waals surface area contributed by atoms with Crippen LogP contribution in [-0.2, 0) is 32.0 Å². The summed E-state index contributed by atoms with van der Waals surface area (Å²) in [5.41, 5.74) is 4.50. The Morgan fingerprint density at radius 1 is 1.16 bits per heavy atom. The van der Waals surface area contributed by atoms with Crippen molar-refractivity contribution in [1.29, 1.82) is 0 Å². The van der Waals surface area contributed by atoms with E-state index in [1.807, 2.05) is 39.0 Å². The maximum Gasteiger partial charge on any atom is 0.311 e. The van der Waals surface area contributed by atoms with Gasteiger partial charge >= 0.3 is 5.97 Å². The molecule has 2 aromatic carbocycles. The van der Waals surface area contributed by atoms with Crippen LogP contribution < -0.4 is 10.2 Å². The van der Waals surface area contributed by atoms with Gasteiger partial charge in [0, 0.05) is 29.4 Å². The fourth-order valence-corrected chi connectivity index (χ4v) is 3.95. The lowest BCUT2D eigenvalue weighted by Crippen LogP contribution is -2.29. The van der Waals surface area contributed by atoms with Crippen molar-refractivity contribution in [3.63, 3.8) is 0 Å². The zero-order valence-electron chi connectivity index (χ0n) is 18.0. The van der Waals surface area contributed by atoms with Gasteiger partial charge in [-0.15, -0.1) is 0 Å². The SMILES string of the molecule is CCc1cccc(CC)c1N1C[C@H](C(=O)OCC(=O)Nc2ccc(C)c(Cl)c2)CC1=O. The highest BCUT2D eigenvalue weighted by Gasteiger charge is 2.37. The lowest BCUT2D eigenvalue weighted by Gasteiger charge is -2.23. The first-order chi connectivity index (χ1) is 14.8. The second-order valence-electron chi connectivity index (χ2n) is 7.66. The number of ether oxygens (including phenoxy) is 1. The summed E-state index contributed by atoms with van der Waals surface area (Å²) in [5, 5.41) is 3.19. The summed E-state index contributed by atoms with van der Waals surface area (Å²) in [6, 6.07) is 11.2. The number of hydrogen-bond donors (Lipinski definition) is 1. The van der Waals surface area contributed by atoms with E-state index in [4.69, 9.17) is 16.3 Å². The molecule has 1 aliphatic heterocycles. The van der Waals surface area contributed by atoms with Crippen LogP contribution in [-0.4, -0.2) is 30.9 Å². The van der Waals surface area contributed by atoms with Crippen molar-refractivity contribution in [1.82, 2.24) is 0 Å². The van der Waals surface area contributed by atoms with Gasteiger partial charge in [-0.05, 0) is 48.6 Å². The average molecular weight is 443 g/mol. The second kappa shape index (κ2) is 9.96. The number of amides is 2. The van der Waals surface area contributed by atoms with Crippen molar-refractivity contribution in [3.05, 3.63) is 58.1 Å². The highest BCUT2D eigenvalue weighted by atomic mass is 35.5. The zero-order chi connectivity index (χ0) is 22.5. The summed E-state index contributed by atoms with van der Waals surface area (Å²) < 4.78 is 5.20. The van der Waals surface area contributed by atoms with Crippen LogP contribution in [0.1, 0.15) is 37.0 Å². The molecule has 2 amide bonds. The first-order valence-electron chi connectivity index (χ1n) is 10.5. The molecule has 1 saturated heterocycles. The van der Waals surface area contributed by atoms with Crippen molar-refractivity contribution < 1.29 is 19.1 Å². The van der Waals surface area contributed by atoms with E-state index in [2.05, 4.69) is 5.32 Å². The minimum atomic E-state index is -0.594. The topological polar surface area (TPSA) is 75.7 Å². The number of halogens is 1. The summed E-state index contributed by atoms with van der Waals surface area (Å²) in [4.78, 5) is 39.0. The number of nitrogens with zero attached hydrogens (tertiary/aromatic N) is 1. The van der Waals surface area contributed by atoms with Gasteiger partial charge in [-0.3, -0.25) is 14.4 Å². The predicted molar refractivity (Wildman–Crippen MR) is 121 cm³/mol. The third-order valence-corrected chi connectivity index (χ3v) is 5.90.